The molecule has 0 saturated heterocycles. The Labute approximate surface area is 171 Å². The van der Waals surface area contributed by atoms with Gasteiger partial charge in [0.2, 0.25) is 0 Å². The molecular weight excluding hydrogens is 396 g/mol. The summed E-state index contributed by atoms with van der Waals surface area (Å²) in [6, 6.07) is 8.52. The summed E-state index contributed by atoms with van der Waals surface area (Å²) in [5, 5.41) is 5.12. The van der Waals surface area contributed by atoms with Crippen molar-refractivity contribution in [3.8, 4) is 22.3 Å². The second-order valence-corrected chi connectivity index (χ2v) is 6.85. The van der Waals surface area contributed by atoms with E-state index in [1.54, 1.807) is 42.0 Å². The molecule has 0 radical (unpaired) electrons. The zero-order chi connectivity index (χ0) is 20.8. The summed E-state index contributed by atoms with van der Waals surface area (Å²) < 4.78 is 20.9. The van der Waals surface area contributed by atoms with Crippen LogP contribution in [0.4, 0.5) is 5.69 Å². The van der Waals surface area contributed by atoms with E-state index in [0.717, 1.165) is 0 Å². The highest BCUT2D eigenvalue weighted by Crippen LogP contribution is 2.30. The molecule has 9 heteroatoms. The Morgan fingerprint density at radius 1 is 1.21 bits per heavy atom. The fourth-order valence-electron chi connectivity index (χ4n) is 2.50. The van der Waals surface area contributed by atoms with Crippen molar-refractivity contribution in [2.24, 2.45) is 0 Å². The molecule has 3 rings (SSSR count). The zero-order valence-corrected chi connectivity index (χ0v) is 16.9. The molecular formula is C20H20N2O6S. The van der Waals surface area contributed by atoms with Gasteiger partial charge in [0.15, 0.2) is 28.4 Å². The average Bonchev–Trinajstić information content (AvgIpc) is 3.39. The highest BCUT2D eigenvalue weighted by Gasteiger charge is 2.20. The van der Waals surface area contributed by atoms with Crippen LogP contribution in [-0.4, -0.2) is 37.2 Å². The van der Waals surface area contributed by atoms with E-state index >= 15 is 0 Å². The lowest BCUT2D eigenvalue weighted by Crippen LogP contribution is -2.30. The molecule has 0 aliphatic heterocycles. The summed E-state index contributed by atoms with van der Waals surface area (Å²) in [5.41, 5.74) is 1.05. The van der Waals surface area contributed by atoms with Gasteiger partial charge in [0.05, 0.1) is 32.6 Å². The zero-order valence-electron chi connectivity index (χ0n) is 16.1. The number of nitrogens with zero attached hydrogens (tertiary/aromatic N) is 1. The molecule has 0 aliphatic rings. The predicted octanol–water partition coefficient (Wildman–Crippen LogP) is 3.53. The monoisotopic (exact) mass is 416 g/mol. The number of carbonyl (C=O) groups excluding carboxylic acids is 2. The molecule has 0 unspecified atom stereocenters. The van der Waals surface area contributed by atoms with E-state index in [4.69, 9.17) is 18.6 Å². The van der Waals surface area contributed by atoms with Crippen LogP contribution < -0.4 is 14.8 Å². The van der Waals surface area contributed by atoms with Gasteiger partial charge in [0.1, 0.15) is 0 Å². The molecule has 3 aromatic rings. The van der Waals surface area contributed by atoms with Crippen LogP contribution in [0.1, 0.15) is 12.6 Å². The summed E-state index contributed by atoms with van der Waals surface area (Å²) >= 11 is 1.37. The van der Waals surface area contributed by atoms with Crippen molar-refractivity contribution < 1.29 is 28.2 Å². The lowest BCUT2D eigenvalue weighted by Gasteiger charge is -2.14. The van der Waals surface area contributed by atoms with Crippen LogP contribution in [-0.2, 0) is 20.7 Å². The molecule has 0 fully saturated rings. The van der Waals surface area contributed by atoms with Crippen LogP contribution in [0.25, 0.3) is 10.8 Å². The lowest BCUT2D eigenvalue weighted by atomic mass is 10.2. The van der Waals surface area contributed by atoms with Gasteiger partial charge in [0, 0.05) is 17.1 Å². The average molecular weight is 416 g/mol. The Bertz CT molecular complexity index is 983. The number of furan rings is 1. The van der Waals surface area contributed by atoms with Crippen molar-refractivity contribution >= 4 is 28.9 Å². The molecule has 0 aliphatic carbocycles. The van der Waals surface area contributed by atoms with Crippen LogP contribution in [0.5, 0.6) is 11.5 Å². The van der Waals surface area contributed by atoms with E-state index in [2.05, 4.69) is 10.3 Å². The lowest BCUT2D eigenvalue weighted by molar-refractivity contribution is -0.152. The quantitative estimate of drug-likeness (QED) is 0.561. The fraction of sp³-hybridized carbons (Fsp3) is 0.250. The number of rotatable bonds is 8. The Morgan fingerprint density at radius 3 is 2.69 bits per heavy atom. The number of nitrogens with one attached hydrogen (secondary N) is 1. The van der Waals surface area contributed by atoms with Crippen LogP contribution in [0.3, 0.4) is 0 Å². The third kappa shape index (κ3) is 5.14. The largest absolute Gasteiger partial charge is 0.493 e. The molecule has 29 heavy (non-hydrogen) atoms. The van der Waals surface area contributed by atoms with Crippen molar-refractivity contribution in [2.45, 2.75) is 19.4 Å². The standard InChI is InChI=1S/C20H20N2O6S/c1-12(19(24)21-13-6-7-15(25-2)17(9-13)26-3)28-18(23)10-14-11-29-20(22-14)16-5-4-8-27-16/h4-9,11-12H,10H2,1-3H3,(H,21,24)/t12-/m1/s1. The molecule has 1 amide bonds. The van der Waals surface area contributed by atoms with Gasteiger partial charge in [-0.15, -0.1) is 11.3 Å². The molecule has 152 valence electrons. The molecule has 1 aromatic carbocycles. The summed E-state index contributed by atoms with van der Waals surface area (Å²) in [4.78, 5) is 28.8. The van der Waals surface area contributed by atoms with Crippen LogP contribution >= 0.6 is 11.3 Å². The number of hydrogen-bond acceptors (Lipinski definition) is 8. The number of ether oxygens (including phenoxy) is 3. The first-order valence-electron chi connectivity index (χ1n) is 8.70. The first-order chi connectivity index (χ1) is 14.0. The second kappa shape index (κ2) is 9.24. The Hall–Kier alpha value is -3.33. The summed E-state index contributed by atoms with van der Waals surface area (Å²) in [7, 11) is 3.03. The summed E-state index contributed by atoms with van der Waals surface area (Å²) in [6.07, 6.45) is 0.549. The van der Waals surface area contributed by atoms with Gasteiger partial charge in [0.25, 0.3) is 5.91 Å². The number of methoxy groups -OCH3 is 2. The molecule has 2 heterocycles. The van der Waals surface area contributed by atoms with Crippen molar-refractivity contribution in [1.29, 1.82) is 0 Å². The van der Waals surface area contributed by atoms with Gasteiger partial charge in [-0.05, 0) is 31.2 Å². The number of hydrogen-bond donors (Lipinski definition) is 1. The SMILES string of the molecule is COc1ccc(NC(=O)[C@@H](C)OC(=O)Cc2csc(-c3ccco3)n2)cc1OC. The summed E-state index contributed by atoms with van der Waals surface area (Å²) in [5.74, 6) is 0.654. The van der Waals surface area contributed by atoms with Crippen molar-refractivity contribution in [3.63, 3.8) is 0 Å². The van der Waals surface area contributed by atoms with Gasteiger partial charge in [-0.1, -0.05) is 0 Å². The molecule has 8 nitrogen and oxygen atoms in total. The minimum Gasteiger partial charge on any atom is -0.493 e. The maximum atomic E-state index is 12.3. The molecule has 1 atom stereocenters. The van der Waals surface area contributed by atoms with Gasteiger partial charge >= 0.3 is 5.97 Å². The third-order valence-corrected chi connectivity index (χ3v) is 4.84. The minimum atomic E-state index is -0.973. The smallest absolute Gasteiger partial charge is 0.312 e. The third-order valence-electron chi connectivity index (χ3n) is 3.94. The predicted molar refractivity (Wildman–Crippen MR) is 107 cm³/mol. The van der Waals surface area contributed by atoms with Crippen molar-refractivity contribution in [2.75, 3.05) is 19.5 Å². The van der Waals surface area contributed by atoms with Crippen molar-refractivity contribution in [1.82, 2.24) is 4.98 Å². The van der Waals surface area contributed by atoms with Crippen LogP contribution in [0.15, 0.2) is 46.4 Å². The summed E-state index contributed by atoms with van der Waals surface area (Å²) in [6.45, 7) is 1.50. The number of carbonyl (C=O) groups is 2. The number of esters is 1. The normalized spacial score (nSPS) is 11.6. The Morgan fingerprint density at radius 2 is 2.00 bits per heavy atom. The highest BCUT2D eigenvalue weighted by atomic mass is 32.1. The minimum absolute atomic E-state index is 0.0365. The maximum Gasteiger partial charge on any atom is 0.312 e. The number of anilines is 1. The maximum absolute atomic E-state index is 12.3. The number of thiazole rings is 1. The number of benzene rings is 1. The van der Waals surface area contributed by atoms with Gasteiger partial charge < -0.3 is 23.9 Å². The molecule has 2 aromatic heterocycles. The molecule has 0 saturated carbocycles. The number of amides is 1. The van der Waals surface area contributed by atoms with Gasteiger partial charge in [-0.2, -0.15) is 0 Å². The molecule has 1 N–H and O–H groups in total. The van der Waals surface area contributed by atoms with Crippen LogP contribution in [0.2, 0.25) is 0 Å². The molecule has 0 spiro atoms. The van der Waals surface area contributed by atoms with E-state index in [1.807, 2.05) is 0 Å². The topological polar surface area (TPSA) is 99.9 Å². The van der Waals surface area contributed by atoms with Gasteiger partial charge in [-0.25, -0.2) is 4.98 Å². The molecule has 0 bridgehead atoms. The van der Waals surface area contributed by atoms with E-state index < -0.39 is 18.0 Å². The first kappa shape index (κ1) is 20.4. The second-order valence-electron chi connectivity index (χ2n) is 5.99. The Balaban J connectivity index is 1.54. The van der Waals surface area contributed by atoms with E-state index in [0.29, 0.717) is 33.6 Å². The van der Waals surface area contributed by atoms with Crippen molar-refractivity contribution in [3.05, 3.63) is 47.7 Å². The van der Waals surface area contributed by atoms with E-state index in [1.165, 1.54) is 32.5 Å². The van der Waals surface area contributed by atoms with E-state index in [9.17, 15) is 9.59 Å². The van der Waals surface area contributed by atoms with Crippen LogP contribution in [0, 0.1) is 0 Å². The highest BCUT2D eigenvalue weighted by molar-refractivity contribution is 7.13. The Kier molecular flexibility index (Phi) is 6.50. The fourth-order valence-corrected chi connectivity index (χ4v) is 3.29. The first-order valence-corrected chi connectivity index (χ1v) is 9.58. The van der Waals surface area contributed by atoms with E-state index in [-0.39, 0.29) is 6.42 Å². The van der Waals surface area contributed by atoms with Gasteiger partial charge in [-0.3, -0.25) is 9.59 Å². The number of aromatic nitrogens is 1.